The van der Waals surface area contributed by atoms with Crippen LogP contribution >= 0.6 is 0 Å². The Morgan fingerprint density at radius 3 is 2.17 bits per heavy atom. The maximum Gasteiger partial charge on any atom is 0.272 e. The molecule has 0 saturated heterocycles. The van der Waals surface area contributed by atoms with Crippen molar-refractivity contribution in [2.45, 2.75) is 18.3 Å². The molecule has 1 aliphatic rings. The molecule has 1 fully saturated rings. The molecule has 6 heteroatoms. The number of carbonyl (C=O) groups is 2. The lowest BCUT2D eigenvalue weighted by atomic mass is 9.95. The summed E-state index contributed by atoms with van der Waals surface area (Å²) in [5.41, 5.74) is 4.32. The van der Waals surface area contributed by atoms with Gasteiger partial charge in [-0.2, -0.15) is 0 Å². The zero-order chi connectivity index (χ0) is 16.4. The standard InChI is InChI=1S/C17H14F2N2O2/c18-12-7-5-11(6-8-12)17(9-10-17)16(23)21-20-15(22)13-3-1-2-4-14(13)19/h1-8H,9-10H2,(H,20,22)(H,21,23). The lowest BCUT2D eigenvalue weighted by Gasteiger charge is -2.16. The second kappa shape index (κ2) is 5.79. The minimum absolute atomic E-state index is 0.153. The maximum absolute atomic E-state index is 13.5. The molecule has 4 nitrogen and oxygen atoms in total. The maximum atomic E-state index is 13.5. The van der Waals surface area contributed by atoms with Crippen LogP contribution in [0, 0.1) is 11.6 Å². The van der Waals surface area contributed by atoms with Gasteiger partial charge in [-0.25, -0.2) is 8.78 Å². The molecule has 2 N–H and O–H groups in total. The summed E-state index contributed by atoms with van der Waals surface area (Å²) in [5.74, 6) is -2.17. The topological polar surface area (TPSA) is 58.2 Å². The minimum Gasteiger partial charge on any atom is -0.272 e. The summed E-state index contributed by atoms with van der Waals surface area (Å²) in [7, 11) is 0. The molecule has 0 aromatic heterocycles. The summed E-state index contributed by atoms with van der Waals surface area (Å²) in [6.07, 6.45) is 1.22. The van der Waals surface area contributed by atoms with Gasteiger partial charge in [0.05, 0.1) is 11.0 Å². The van der Waals surface area contributed by atoms with Gasteiger partial charge in [-0.1, -0.05) is 24.3 Å². The highest BCUT2D eigenvalue weighted by Gasteiger charge is 2.51. The molecule has 2 amide bonds. The van der Waals surface area contributed by atoms with Gasteiger partial charge >= 0.3 is 0 Å². The minimum atomic E-state index is -0.754. The number of benzene rings is 2. The Bertz CT molecular complexity index is 755. The van der Waals surface area contributed by atoms with Crippen LogP contribution in [0.5, 0.6) is 0 Å². The largest absolute Gasteiger partial charge is 0.272 e. The number of amides is 2. The molecule has 23 heavy (non-hydrogen) atoms. The molecule has 0 bridgehead atoms. The van der Waals surface area contributed by atoms with Crippen LogP contribution in [0.4, 0.5) is 8.78 Å². The predicted molar refractivity (Wildman–Crippen MR) is 79.3 cm³/mol. The van der Waals surface area contributed by atoms with Crippen LogP contribution in [-0.4, -0.2) is 11.8 Å². The first kappa shape index (κ1) is 15.1. The van der Waals surface area contributed by atoms with E-state index in [-0.39, 0.29) is 11.4 Å². The Balaban J connectivity index is 1.67. The quantitative estimate of drug-likeness (QED) is 0.855. The van der Waals surface area contributed by atoms with Crippen LogP contribution < -0.4 is 10.9 Å². The fourth-order valence-corrected chi connectivity index (χ4v) is 2.49. The average Bonchev–Trinajstić information content (AvgIpc) is 3.35. The summed E-state index contributed by atoms with van der Waals surface area (Å²) in [6, 6.07) is 11.2. The number of carbonyl (C=O) groups excluding carboxylic acids is 2. The SMILES string of the molecule is O=C(NNC(=O)C1(c2ccc(F)cc2)CC1)c1ccccc1F. The second-order valence-electron chi connectivity index (χ2n) is 5.48. The van der Waals surface area contributed by atoms with Crippen molar-refractivity contribution in [2.24, 2.45) is 0 Å². The molecule has 2 aromatic rings. The first-order chi connectivity index (χ1) is 11.0. The molecule has 0 spiro atoms. The number of nitrogens with one attached hydrogen (secondary N) is 2. The molecule has 0 aliphatic heterocycles. The Labute approximate surface area is 131 Å². The number of hydrogen-bond acceptors (Lipinski definition) is 2. The Hall–Kier alpha value is -2.76. The summed E-state index contributed by atoms with van der Waals surface area (Å²) < 4.78 is 26.5. The molecule has 0 unspecified atom stereocenters. The van der Waals surface area contributed by atoms with Gasteiger partial charge in [-0.3, -0.25) is 20.4 Å². The van der Waals surface area contributed by atoms with Gasteiger partial charge < -0.3 is 0 Å². The monoisotopic (exact) mass is 316 g/mol. The van der Waals surface area contributed by atoms with E-state index in [1.807, 2.05) is 0 Å². The molecule has 1 aliphatic carbocycles. The van der Waals surface area contributed by atoms with Crippen LogP contribution in [-0.2, 0) is 10.2 Å². The number of hydrogen-bond donors (Lipinski definition) is 2. The van der Waals surface area contributed by atoms with Crippen LogP contribution in [0.15, 0.2) is 48.5 Å². The average molecular weight is 316 g/mol. The van der Waals surface area contributed by atoms with Crippen molar-refractivity contribution >= 4 is 11.8 Å². The summed E-state index contributed by atoms with van der Waals surface area (Å²) in [6.45, 7) is 0. The number of rotatable bonds is 3. The van der Waals surface area contributed by atoms with Crippen molar-refractivity contribution in [3.63, 3.8) is 0 Å². The zero-order valence-corrected chi connectivity index (χ0v) is 12.1. The first-order valence-electron chi connectivity index (χ1n) is 7.14. The lowest BCUT2D eigenvalue weighted by molar-refractivity contribution is -0.124. The van der Waals surface area contributed by atoms with Crippen molar-refractivity contribution in [1.82, 2.24) is 10.9 Å². The van der Waals surface area contributed by atoms with E-state index in [4.69, 9.17) is 0 Å². The highest BCUT2D eigenvalue weighted by atomic mass is 19.1. The molecule has 3 rings (SSSR count). The Morgan fingerprint density at radius 2 is 1.57 bits per heavy atom. The van der Waals surface area contributed by atoms with E-state index < -0.39 is 23.0 Å². The van der Waals surface area contributed by atoms with E-state index in [2.05, 4.69) is 10.9 Å². The van der Waals surface area contributed by atoms with Crippen molar-refractivity contribution in [3.8, 4) is 0 Å². The van der Waals surface area contributed by atoms with Crippen molar-refractivity contribution < 1.29 is 18.4 Å². The second-order valence-corrected chi connectivity index (χ2v) is 5.48. The smallest absolute Gasteiger partial charge is 0.272 e. The Morgan fingerprint density at radius 1 is 0.913 bits per heavy atom. The number of halogens is 2. The Kier molecular flexibility index (Phi) is 3.82. The summed E-state index contributed by atoms with van der Waals surface area (Å²) in [4.78, 5) is 24.2. The summed E-state index contributed by atoms with van der Waals surface area (Å²) >= 11 is 0. The summed E-state index contributed by atoms with van der Waals surface area (Å²) in [5, 5.41) is 0. The van der Waals surface area contributed by atoms with E-state index in [1.54, 1.807) is 12.1 Å². The first-order valence-corrected chi connectivity index (χ1v) is 7.14. The van der Waals surface area contributed by atoms with E-state index in [0.29, 0.717) is 18.4 Å². The molecule has 118 valence electrons. The molecule has 1 saturated carbocycles. The lowest BCUT2D eigenvalue weighted by Crippen LogP contribution is -2.46. The van der Waals surface area contributed by atoms with Gasteiger partial charge in [0.15, 0.2) is 0 Å². The molecule has 0 radical (unpaired) electrons. The van der Waals surface area contributed by atoms with Gasteiger partial charge in [-0.05, 0) is 42.7 Å². The van der Waals surface area contributed by atoms with E-state index in [9.17, 15) is 18.4 Å². The normalized spacial score (nSPS) is 14.9. The van der Waals surface area contributed by atoms with Crippen LogP contribution in [0.2, 0.25) is 0 Å². The van der Waals surface area contributed by atoms with Gasteiger partial charge in [0.1, 0.15) is 11.6 Å². The van der Waals surface area contributed by atoms with E-state index in [1.165, 1.54) is 30.3 Å². The van der Waals surface area contributed by atoms with Gasteiger partial charge in [0, 0.05) is 0 Å². The van der Waals surface area contributed by atoms with Crippen molar-refractivity contribution in [2.75, 3.05) is 0 Å². The fourth-order valence-electron chi connectivity index (χ4n) is 2.49. The molecule has 0 heterocycles. The van der Waals surface area contributed by atoms with Crippen LogP contribution in [0.1, 0.15) is 28.8 Å². The molecular formula is C17H14F2N2O2. The molecular weight excluding hydrogens is 302 g/mol. The van der Waals surface area contributed by atoms with E-state index >= 15 is 0 Å². The van der Waals surface area contributed by atoms with Gasteiger partial charge in [0.2, 0.25) is 5.91 Å². The van der Waals surface area contributed by atoms with Crippen LogP contribution in [0.25, 0.3) is 0 Å². The fraction of sp³-hybridized carbons (Fsp3) is 0.176. The van der Waals surface area contributed by atoms with Crippen molar-refractivity contribution in [1.29, 1.82) is 0 Å². The third-order valence-corrected chi connectivity index (χ3v) is 3.99. The highest BCUT2D eigenvalue weighted by molar-refractivity contribution is 5.97. The molecule has 2 aromatic carbocycles. The predicted octanol–water partition coefficient (Wildman–Crippen LogP) is 2.46. The highest BCUT2D eigenvalue weighted by Crippen LogP contribution is 2.48. The third kappa shape index (κ3) is 2.92. The number of hydrazine groups is 1. The third-order valence-electron chi connectivity index (χ3n) is 3.99. The molecule has 0 atom stereocenters. The van der Waals surface area contributed by atoms with Gasteiger partial charge in [0.25, 0.3) is 5.91 Å². The zero-order valence-electron chi connectivity index (χ0n) is 12.1. The van der Waals surface area contributed by atoms with Gasteiger partial charge in [-0.15, -0.1) is 0 Å². The van der Waals surface area contributed by atoms with Crippen molar-refractivity contribution in [3.05, 3.63) is 71.3 Å². The van der Waals surface area contributed by atoms with E-state index in [0.717, 1.165) is 6.07 Å². The van der Waals surface area contributed by atoms with Crippen LogP contribution in [0.3, 0.4) is 0 Å².